The van der Waals surface area contributed by atoms with E-state index in [0.29, 0.717) is 11.4 Å². The van der Waals surface area contributed by atoms with E-state index in [4.69, 9.17) is 16.3 Å². The number of nitrogens with one attached hydrogen (secondary N) is 1. The van der Waals surface area contributed by atoms with E-state index in [-0.39, 0.29) is 5.91 Å². The first-order chi connectivity index (χ1) is 11.0. The van der Waals surface area contributed by atoms with Gasteiger partial charge in [0.1, 0.15) is 5.41 Å². The molecule has 1 aliphatic carbocycles. The number of carbonyl (C=O) groups is 2. The fraction of sp³-hybridized carbons (Fsp3) is 0.222. The lowest BCUT2D eigenvalue weighted by Gasteiger charge is -2.22. The average Bonchev–Trinajstić information content (AvgIpc) is 3.09. The first-order valence-corrected chi connectivity index (χ1v) is 7.74. The molecule has 4 rings (SSSR count). The first-order valence-electron chi connectivity index (χ1n) is 7.36. The number of benzene rings is 2. The fourth-order valence-electron chi connectivity index (χ4n) is 3.72. The van der Waals surface area contributed by atoms with Crippen molar-refractivity contribution < 1.29 is 14.3 Å². The van der Waals surface area contributed by atoms with Gasteiger partial charge in [-0.3, -0.25) is 9.59 Å². The maximum Gasteiger partial charge on any atom is 0.303 e. The number of fused-ring (bicyclic) bond motifs is 2. The van der Waals surface area contributed by atoms with Gasteiger partial charge in [0.05, 0.1) is 0 Å². The van der Waals surface area contributed by atoms with Crippen LogP contribution < -0.4 is 5.32 Å². The summed E-state index contributed by atoms with van der Waals surface area (Å²) in [4.78, 5) is 24.4. The lowest BCUT2D eigenvalue weighted by molar-refractivity contribution is -0.151. The zero-order chi connectivity index (χ0) is 16.2. The van der Waals surface area contributed by atoms with Crippen molar-refractivity contribution in [1.29, 1.82) is 0 Å². The highest BCUT2D eigenvalue weighted by molar-refractivity contribution is 6.30. The Morgan fingerprint density at radius 1 is 1.17 bits per heavy atom. The van der Waals surface area contributed by atoms with E-state index in [1.807, 2.05) is 36.4 Å². The Morgan fingerprint density at radius 2 is 1.87 bits per heavy atom. The molecule has 0 saturated heterocycles. The van der Waals surface area contributed by atoms with Crippen molar-refractivity contribution in [3.63, 3.8) is 0 Å². The lowest BCUT2D eigenvalue weighted by atomic mass is 9.89. The van der Waals surface area contributed by atoms with Crippen molar-refractivity contribution in [2.75, 3.05) is 5.32 Å². The van der Waals surface area contributed by atoms with Gasteiger partial charge in [-0.05, 0) is 29.3 Å². The highest BCUT2D eigenvalue weighted by atomic mass is 35.5. The normalized spacial score (nSPS) is 27.5. The highest BCUT2D eigenvalue weighted by Crippen LogP contribution is 2.69. The summed E-state index contributed by atoms with van der Waals surface area (Å²) in [5, 5.41) is 3.50. The van der Waals surface area contributed by atoms with Gasteiger partial charge in [-0.15, -0.1) is 0 Å². The molecule has 116 valence electrons. The summed E-state index contributed by atoms with van der Waals surface area (Å²) in [6.45, 7) is 1.36. The van der Waals surface area contributed by atoms with Gasteiger partial charge in [-0.1, -0.05) is 41.9 Å². The third-order valence-corrected chi connectivity index (χ3v) is 4.98. The Hall–Kier alpha value is -2.33. The second-order valence-electron chi connectivity index (χ2n) is 6.01. The van der Waals surface area contributed by atoms with Gasteiger partial charge in [0.2, 0.25) is 5.91 Å². The van der Waals surface area contributed by atoms with Crippen LogP contribution in [-0.4, -0.2) is 11.9 Å². The van der Waals surface area contributed by atoms with Gasteiger partial charge in [-0.25, -0.2) is 0 Å². The molecule has 1 heterocycles. The predicted octanol–water partition coefficient (Wildman–Crippen LogP) is 3.39. The van der Waals surface area contributed by atoms with Crippen LogP contribution in [-0.2, 0) is 25.3 Å². The van der Waals surface area contributed by atoms with Crippen molar-refractivity contribution in [2.24, 2.45) is 0 Å². The van der Waals surface area contributed by atoms with Gasteiger partial charge in [0, 0.05) is 24.1 Å². The number of rotatable bonds is 2. The number of halogens is 1. The molecule has 0 bridgehead atoms. The van der Waals surface area contributed by atoms with E-state index in [9.17, 15) is 9.59 Å². The maximum atomic E-state index is 12.7. The van der Waals surface area contributed by atoms with Gasteiger partial charge in [0.25, 0.3) is 0 Å². The average molecular weight is 328 g/mol. The minimum Gasteiger partial charge on any atom is -0.453 e. The summed E-state index contributed by atoms with van der Waals surface area (Å²) >= 11 is 5.96. The van der Waals surface area contributed by atoms with Gasteiger partial charge >= 0.3 is 5.97 Å². The standard InChI is InChI=1S/C18H14ClNO3/c1-11(21)23-18(12-6-8-13(19)9-7-12)10-17(18)14-4-2-3-5-15(14)20-16(17)22/h2-9H,10H2,1H3,(H,20,22)/t17-,18-/m1/s1. The Kier molecular flexibility index (Phi) is 2.85. The Labute approximate surface area is 138 Å². The van der Waals surface area contributed by atoms with Crippen LogP contribution in [0, 0.1) is 0 Å². The largest absolute Gasteiger partial charge is 0.453 e. The number of anilines is 1. The van der Waals surface area contributed by atoms with Crippen LogP contribution in [0.1, 0.15) is 24.5 Å². The minimum atomic E-state index is -0.972. The minimum absolute atomic E-state index is 0.130. The molecule has 0 radical (unpaired) electrons. The van der Waals surface area contributed by atoms with Crippen LogP contribution in [0.5, 0.6) is 0 Å². The molecule has 1 amide bonds. The summed E-state index contributed by atoms with van der Waals surface area (Å²) in [5.41, 5.74) is 0.606. The number of ether oxygens (including phenoxy) is 1. The molecule has 2 aromatic rings. The van der Waals surface area contributed by atoms with Crippen LogP contribution in [0.4, 0.5) is 5.69 Å². The number of amides is 1. The van der Waals surface area contributed by atoms with Crippen LogP contribution >= 0.6 is 11.6 Å². The fourth-order valence-corrected chi connectivity index (χ4v) is 3.84. The van der Waals surface area contributed by atoms with Gasteiger partial charge in [0.15, 0.2) is 5.60 Å². The second-order valence-corrected chi connectivity index (χ2v) is 6.45. The zero-order valence-corrected chi connectivity index (χ0v) is 13.2. The molecule has 5 heteroatoms. The van der Waals surface area contributed by atoms with Crippen molar-refractivity contribution in [3.05, 3.63) is 64.7 Å². The summed E-state index contributed by atoms with van der Waals surface area (Å²) < 4.78 is 5.70. The summed E-state index contributed by atoms with van der Waals surface area (Å²) in [5.74, 6) is -0.538. The summed E-state index contributed by atoms with van der Waals surface area (Å²) in [7, 11) is 0. The smallest absolute Gasteiger partial charge is 0.303 e. The predicted molar refractivity (Wildman–Crippen MR) is 86.3 cm³/mol. The molecule has 2 aromatic carbocycles. The molecule has 1 N–H and O–H groups in total. The topological polar surface area (TPSA) is 55.4 Å². The highest BCUT2D eigenvalue weighted by Gasteiger charge is 2.79. The first kappa shape index (κ1) is 14.3. The zero-order valence-electron chi connectivity index (χ0n) is 12.4. The Bertz CT molecular complexity index is 832. The van der Waals surface area contributed by atoms with E-state index < -0.39 is 17.0 Å². The number of hydrogen-bond acceptors (Lipinski definition) is 3. The van der Waals surface area contributed by atoms with E-state index in [2.05, 4.69) is 5.32 Å². The molecule has 1 spiro atoms. The Balaban J connectivity index is 1.89. The van der Waals surface area contributed by atoms with Crippen molar-refractivity contribution in [2.45, 2.75) is 24.4 Å². The van der Waals surface area contributed by atoms with Crippen LogP contribution in [0.15, 0.2) is 48.5 Å². The molecule has 1 fully saturated rings. The Morgan fingerprint density at radius 3 is 2.57 bits per heavy atom. The van der Waals surface area contributed by atoms with Crippen LogP contribution in [0.25, 0.3) is 0 Å². The van der Waals surface area contributed by atoms with E-state index in [1.165, 1.54) is 6.92 Å². The molecule has 0 unspecified atom stereocenters. The molecule has 1 saturated carbocycles. The quantitative estimate of drug-likeness (QED) is 0.860. The molecule has 1 aliphatic heterocycles. The van der Waals surface area contributed by atoms with Gasteiger partial charge in [-0.2, -0.15) is 0 Å². The number of hydrogen-bond donors (Lipinski definition) is 1. The van der Waals surface area contributed by atoms with E-state index in [1.54, 1.807) is 12.1 Å². The number of para-hydroxylation sites is 1. The molecular formula is C18H14ClNO3. The summed E-state index contributed by atoms with van der Waals surface area (Å²) in [6.07, 6.45) is 0.435. The molecule has 23 heavy (non-hydrogen) atoms. The van der Waals surface area contributed by atoms with Gasteiger partial charge < -0.3 is 10.1 Å². The van der Waals surface area contributed by atoms with Crippen molar-refractivity contribution in [3.8, 4) is 0 Å². The molecule has 2 aliphatic rings. The molecule has 2 atom stereocenters. The van der Waals surface area contributed by atoms with E-state index >= 15 is 0 Å². The third-order valence-electron chi connectivity index (χ3n) is 4.73. The van der Waals surface area contributed by atoms with Crippen molar-refractivity contribution in [1.82, 2.24) is 0 Å². The maximum absolute atomic E-state index is 12.7. The molecular weight excluding hydrogens is 314 g/mol. The monoisotopic (exact) mass is 327 g/mol. The molecule has 4 nitrogen and oxygen atoms in total. The van der Waals surface area contributed by atoms with E-state index in [0.717, 1.165) is 16.8 Å². The second kappa shape index (κ2) is 4.59. The van der Waals surface area contributed by atoms with Crippen molar-refractivity contribution >= 4 is 29.2 Å². The van der Waals surface area contributed by atoms with Crippen LogP contribution in [0.2, 0.25) is 5.02 Å². The molecule has 0 aromatic heterocycles. The number of carbonyl (C=O) groups excluding carboxylic acids is 2. The number of esters is 1. The summed E-state index contributed by atoms with van der Waals surface area (Å²) in [6, 6.07) is 14.6. The SMILES string of the molecule is CC(=O)O[C@@]1(c2ccc(Cl)cc2)C[C@@]12C(=O)Nc1ccccc12. The lowest BCUT2D eigenvalue weighted by Crippen LogP contribution is -2.32. The third kappa shape index (κ3) is 1.78. The van der Waals surface area contributed by atoms with Crippen LogP contribution in [0.3, 0.4) is 0 Å².